The third-order valence-corrected chi connectivity index (χ3v) is 3.90. The van der Waals surface area contributed by atoms with Gasteiger partial charge in [0.2, 0.25) is 0 Å². The number of carbonyl (C=O) groups is 2. The van der Waals surface area contributed by atoms with Gasteiger partial charge < -0.3 is 19.7 Å². The van der Waals surface area contributed by atoms with Crippen molar-refractivity contribution in [1.82, 2.24) is 19.1 Å². The van der Waals surface area contributed by atoms with Gasteiger partial charge in [-0.1, -0.05) is 0 Å². The van der Waals surface area contributed by atoms with Crippen molar-refractivity contribution in [3.05, 3.63) is 35.4 Å². The molecule has 9 heteroatoms. The molecule has 0 amide bonds. The predicted octanol–water partition coefficient (Wildman–Crippen LogP) is -1.61. The van der Waals surface area contributed by atoms with Crippen LogP contribution < -0.4 is 29.6 Å². The molecule has 2 N–H and O–H groups in total. The first kappa shape index (κ1) is 20.6. The molecule has 2 aliphatic heterocycles. The summed E-state index contributed by atoms with van der Waals surface area (Å²) in [6.45, 7) is 3.49. The van der Waals surface area contributed by atoms with E-state index < -0.39 is 5.97 Å². The number of aromatic carboxylic acids is 1. The Labute approximate surface area is 161 Å². The van der Waals surface area contributed by atoms with E-state index in [1.807, 2.05) is 10.8 Å². The molecule has 4 heterocycles. The Morgan fingerprint density at radius 1 is 1.00 bits per heavy atom. The Balaban J connectivity index is 0.000000222. The molecule has 0 fully saturated rings. The van der Waals surface area contributed by atoms with Crippen LogP contribution in [0.15, 0.2) is 12.4 Å². The molecule has 0 radical (unpaired) electrons. The van der Waals surface area contributed by atoms with Crippen molar-refractivity contribution in [2.45, 2.75) is 45.7 Å². The molecule has 4 rings (SSSR count). The maximum absolute atomic E-state index is 10.9. The van der Waals surface area contributed by atoms with Crippen molar-refractivity contribution >= 4 is 11.8 Å². The molecule has 2 aliphatic rings. The molecule has 0 spiro atoms. The van der Waals surface area contributed by atoms with Crippen molar-refractivity contribution < 1.29 is 49.7 Å². The molecule has 0 saturated carbocycles. The molecule has 0 saturated heterocycles. The second kappa shape index (κ2) is 8.57. The number of rotatable bonds is 2. The van der Waals surface area contributed by atoms with Crippen LogP contribution in [-0.4, -0.2) is 41.4 Å². The quantitative estimate of drug-likeness (QED) is 0.518. The minimum atomic E-state index is -0.938. The number of hydrogen-bond acceptors (Lipinski definition) is 5. The molecule has 0 unspecified atom stereocenters. The largest absolute Gasteiger partial charge is 1.00 e. The molecular formula is C15H19N4NaO4. The molecule has 0 aliphatic carbocycles. The first-order chi connectivity index (χ1) is 10.5. The number of fused-ring (bicyclic) bond motifs is 2. The van der Waals surface area contributed by atoms with Crippen molar-refractivity contribution in [3.63, 3.8) is 0 Å². The van der Waals surface area contributed by atoms with Crippen molar-refractivity contribution in [2.24, 2.45) is 0 Å². The first-order valence-corrected chi connectivity index (χ1v) is 7.41. The van der Waals surface area contributed by atoms with Gasteiger partial charge in [0.1, 0.15) is 17.3 Å². The molecule has 2 aromatic rings. The van der Waals surface area contributed by atoms with Crippen molar-refractivity contribution in [1.29, 1.82) is 0 Å². The monoisotopic (exact) mass is 342 g/mol. The van der Waals surface area contributed by atoms with E-state index in [4.69, 9.17) is 5.11 Å². The van der Waals surface area contributed by atoms with E-state index >= 15 is 0 Å². The fraction of sp³-hybridized carbons (Fsp3) is 0.467. The number of Topliss-reactive ketones (excluding diaryl/α,β-unsaturated/α-hetero) is 1. The van der Waals surface area contributed by atoms with Gasteiger partial charge in [0, 0.05) is 45.2 Å². The smallest absolute Gasteiger partial charge is 0.870 e. The zero-order valence-electron chi connectivity index (χ0n) is 13.9. The summed E-state index contributed by atoms with van der Waals surface area (Å²) in [6, 6.07) is 0. The molecule has 0 aromatic carbocycles. The van der Waals surface area contributed by atoms with Crippen LogP contribution in [0, 0.1) is 0 Å². The second-order valence-corrected chi connectivity index (χ2v) is 5.54. The Kier molecular flexibility index (Phi) is 7.34. The standard InChI is InChI=1S/C8H10N2O.C7H8N2O2.Na.H2O/c1-6(11)7-5-10-4-2-3-8(10)9-7;10-7(11)5-4-9-3-1-2-6(9)8-5;;/h5H,2-4H2,1H3;4H,1-3H2,(H,10,11);;1H2/q;;+1;/p-1. The van der Waals surface area contributed by atoms with Crippen LogP contribution in [0.2, 0.25) is 0 Å². The van der Waals surface area contributed by atoms with Crippen molar-refractivity contribution in [2.75, 3.05) is 0 Å². The van der Waals surface area contributed by atoms with E-state index in [9.17, 15) is 9.59 Å². The number of carbonyl (C=O) groups excluding carboxylic acids is 1. The van der Waals surface area contributed by atoms with Crippen LogP contribution in [0.4, 0.5) is 0 Å². The summed E-state index contributed by atoms with van der Waals surface area (Å²) >= 11 is 0. The molecule has 0 bridgehead atoms. The number of aryl methyl sites for hydroxylation is 4. The number of nitrogens with zero attached hydrogens (tertiary/aromatic N) is 4. The second-order valence-electron chi connectivity index (χ2n) is 5.54. The van der Waals surface area contributed by atoms with Gasteiger partial charge in [0.15, 0.2) is 11.5 Å². The summed E-state index contributed by atoms with van der Waals surface area (Å²) in [7, 11) is 0. The van der Waals surface area contributed by atoms with E-state index in [0.717, 1.165) is 44.0 Å². The van der Waals surface area contributed by atoms with Gasteiger partial charge in [-0.05, 0) is 12.8 Å². The van der Waals surface area contributed by atoms with Crippen LogP contribution >= 0.6 is 0 Å². The maximum Gasteiger partial charge on any atom is 1.00 e. The minimum Gasteiger partial charge on any atom is -0.870 e. The zero-order valence-corrected chi connectivity index (χ0v) is 15.9. The van der Waals surface area contributed by atoms with Gasteiger partial charge in [-0.25, -0.2) is 14.8 Å². The fourth-order valence-corrected chi connectivity index (χ4v) is 2.78. The molecule has 8 nitrogen and oxygen atoms in total. The third kappa shape index (κ3) is 4.32. The van der Waals surface area contributed by atoms with Crippen LogP contribution in [0.5, 0.6) is 0 Å². The molecule has 124 valence electrons. The molecule has 24 heavy (non-hydrogen) atoms. The Bertz CT molecular complexity index is 633. The third-order valence-electron chi connectivity index (χ3n) is 3.90. The summed E-state index contributed by atoms with van der Waals surface area (Å²) in [6.07, 6.45) is 7.64. The number of carboxylic acid groups (broad SMARTS) is 1. The number of imidazole rings is 2. The van der Waals surface area contributed by atoms with Gasteiger partial charge in [-0.3, -0.25) is 4.79 Å². The van der Waals surface area contributed by atoms with Crippen LogP contribution in [0.25, 0.3) is 0 Å². The Morgan fingerprint density at radius 2 is 1.46 bits per heavy atom. The molecule has 2 aromatic heterocycles. The molecule has 0 atom stereocenters. The zero-order chi connectivity index (χ0) is 15.7. The van der Waals surface area contributed by atoms with E-state index in [1.165, 1.54) is 6.42 Å². The van der Waals surface area contributed by atoms with Crippen molar-refractivity contribution in [3.8, 4) is 0 Å². The number of hydrogen-bond donors (Lipinski definition) is 1. The minimum absolute atomic E-state index is 0. The summed E-state index contributed by atoms with van der Waals surface area (Å²) < 4.78 is 3.97. The predicted molar refractivity (Wildman–Crippen MR) is 80.0 cm³/mol. The first-order valence-electron chi connectivity index (χ1n) is 7.41. The average molecular weight is 342 g/mol. The maximum atomic E-state index is 10.9. The Morgan fingerprint density at radius 3 is 1.88 bits per heavy atom. The fourth-order valence-electron chi connectivity index (χ4n) is 2.78. The summed E-state index contributed by atoms with van der Waals surface area (Å²) in [5.74, 6) is 1.09. The number of ketones is 1. The normalized spacial score (nSPS) is 13.7. The number of carboxylic acids is 1. The van der Waals surface area contributed by atoms with Gasteiger partial charge in [0.05, 0.1) is 0 Å². The van der Waals surface area contributed by atoms with E-state index in [1.54, 1.807) is 13.1 Å². The van der Waals surface area contributed by atoms with E-state index in [-0.39, 0.29) is 46.5 Å². The average Bonchev–Trinajstić information content (AvgIpc) is 3.18. The van der Waals surface area contributed by atoms with Crippen LogP contribution in [-0.2, 0) is 25.9 Å². The SMILES string of the molecule is CC(=O)c1cn2c(n1)CCC2.O=C(O)c1cn2c(n1)CCC2.[Na+].[OH-]. The van der Waals surface area contributed by atoms with Gasteiger partial charge in [-0.2, -0.15) is 0 Å². The molecular weight excluding hydrogens is 323 g/mol. The summed E-state index contributed by atoms with van der Waals surface area (Å²) in [4.78, 5) is 29.5. The van der Waals surface area contributed by atoms with Gasteiger partial charge in [0.25, 0.3) is 0 Å². The van der Waals surface area contributed by atoms with Gasteiger partial charge in [-0.15, -0.1) is 0 Å². The Hall–Kier alpha value is -1.48. The van der Waals surface area contributed by atoms with Gasteiger partial charge >= 0.3 is 35.5 Å². The van der Waals surface area contributed by atoms with E-state index in [2.05, 4.69) is 14.5 Å². The summed E-state index contributed by atoms with van der Waals surface area (Å²) in [5, 5.41) is 8.57. The number of aromatic nitrogens is 4. The summed E-state index contributed by atoms with van der Waals surface area (Å²) in [5.41, 5.74) is 0.777. The van der Waals surface area contributed by atoms with E-state index in [0.29, 0.717) is 5.69 Å². The topological polar surface area (TPSA) is 120 Å². The van der Waals surface area contributed by atoms with Crippen LogP contribution in [0.3, 0.4) is 0 Å². The van der Waals surface area contributed by atoms with Crippen LogP contribution in [0.1, 0.15) is 52.4 Å².